The van der Waals surface area contributed by atoms with Gasteiger partial charge in [-0.05, 0) is 42.8 Å². The molecule has 6 heteroatoms. The highest BCUT2D eigenvalue weighted by atomic mass is 28.4. The second kappa shape index (κ2) is 8.03. The Balaban J connectivity index is 2.87. The van der Waals surface area contributed by atoms with E-state index in [0.717, 1.165) is 0 Å². The van der Waals surface area contributed by atoms with Crippen LogP contribution in [-0.4, -0.2) is 26.7 Å². The number of esters is 1. The Morgan fingerprint density at radius 1 is 1.21 bits per heavy atom. The highest BCUT2D eigenvalue weighted by Crippen LogP contribution is 2.37. The fraction of sp³-hybridized carbons (Fsp3) is 0.556. The standard InChI is InChI=1S/C18H27FO4Si/c1-7-22-17(21)11-16(20)14-10-13(8-9-15(14)19)12-23-24(5,6)18(2,3)4/h8-10H,7,11-12H2,1-6H3. The zero-order valence-electron chi connectivity index (χ0n) is 15.4. The van der Waals surface area contributed by atoms with Crippen molar-refractivity contribution in [1.82, 2.24) is 0 Å². The molecule has 0 saturated heterocycles. The van der Waals surface area contributed by atoms with Crippen LogP contribution >= 0.6 is 0 Å². The first kappa shape index (κ1) is 20.5. The Morgan fingerprint density at radius 2 is 1.83 bits per heavy atom. The summed E-state index contributed by atoms with van der Waals surface area (Å²) in [6, 6.07) is 4.30. The van der Waals surface area contributed by atoms with Gasteiger partial charge in [0.15, 0.2) is 14.1 Å². The van der Waals surface area contributed by atoms with E-state index in [1.807, 2.05) is 0 Å². The second-order valence-electron chi connectivity index (χ2n) is 7.27. The zero-order valence-corrected chi connectivity index (χ0v) is 16.4. The summed E-state index contributed by atoms with van der Waals surface area (Å²) < 4.78 is 24.7. The quantitative estimate of drug-likeness (QED) is 0.313. The fourth-order valence-corrected chi connectivity index (χ4v) is 2.76. The molecular weight excluding hydrogens is 327 g/mol. The molecule has 0 saturated carbocycles. The molecule has 0 radical (unpaired) electrons. The minimum Gasteiger partial charge on any atom is -0.466 e. The van der Waals surface area contributed by atoms with Crippen LogP contribution in [0.5, 0.6) is 0 Å². The van der Waals surface area contributed by atoms with Crippen LogP contribution in [0, 0.1) is 5.82 Å². The molecule has 0 aromatic heterocycles. The number of benzene rings is 1. The average molecular weight is 354 g/mol. The lowest BCUT2D eigenvalue weighted by Crippen LogP contribution is -2.40. The van der Waals surface area contributed by atoms with Crippen LogP contribution < -0.4 is 0 Å². The molecule has 1 aromatic rings. The Kier molecular flexibility index (Phi) is 6.86. The normalized spacial score (nSPS) is 12.1. The topological polar surface area (TPSA) is 52.6 Å². The van der Waals surface area contributed by atoms with Gasteiger partial charge in [-0.15, -0.1) is 0 Å². The van der Waals surface area contributed by atoms with Gasteiger partial charge in [-0.25, -0.2) is 4.39 Å². The minimum absolute atomic E-state index is 0.0651. The van der Waals surface area contributed by atoms with E-state index in [9.17, 15) is 14.0 Å². The van der Waals surface area contributed by atoms with E-state index in [0.29, 0.717) is 12.2 Å². The first-order valence-electron chi connectivity index (χ1n) is 8.09. The summed E-state index contributed by atoms with van der Waals surface area (Å²) in [6.45, 7) is 12.8. The van der Waals surface area contributed by atoms with Gasteiger partial charge < -0.3 is 9.16 Å². The zero-order chi connectivity index (χ0) is 18.5. The molecule has 0 amide bonds. The number of ketones is 1. The Hall–Kier alpha value is -1.53. The van der Waals surface area contributed by atoms with Gasteiger partial charge in [0.05, 0.1) is 18.8 Å². The summed E-state index contributed by atoms with van der Waals surface area (Å²) in [5.74, 6) is -1.87. The number of halogens is 1. The first-order valence-corrected chi connectivity index (χ1v) is 11.0. The Labute approximate surface area is 144 Å². The summed E-state index contributed by atoms with van der Waals surface area (Å²) >= 11 is 0. The molecule has 0 aliphatic rings. The van der Waals surface area contributed by atoms with E-state index in [2.05, 4.69) is 33.9 Å². The molecular formula is C18H27FO4Si. The van der Waals surface area contributed by atoms with E-state index in [-0.39, 0.29) is 17.2 Å². The number of hydrogen-bond donors (Lipinski definition) is 0. The minimum atomic E-state index is -1.94. The first-order chi connectivity index (χ1) is 11.0. The highest BCUT2D eigenvalue weighted by molar-refractivity contribution is 6.74. The van der Waals surface area contributed by atoms with Gasteiger partial charge in [0.25, 0.3) is 0 Å². The summed E-state index contributed by atoms with van der Waals surface area (Å²) in [7, 11) is -1.94. The van der Waals surface area contributed by atoms with Crippen molar-refractivity contribution in [2.24, 2.45) is 0 Å². The number of hydrogen-bond acceptors (Lipinski definition) is 4. The maximum atomic E-state index is 13.9. The third-order valence-electron chi connectivity index (χ3n) is 4.35. The van der Waals surface area contributed by atoms with Gasteiger partial charge in [-0.3, -0.25) is 9.59 Å². The number of rotatable bonds is 7. The summed E-state index contributed by atoms with van der Waals surface area (Å²) in [5, 5.41) is 0.0651. The van der Waals surface area contributed by atoms with Crippen LogP contribution in [-0.2, 0) is 20.6 Å². The molecule has 0 N–H and O–H groups in total. The molecule has 0 heterocycles. The highest BCUT2D eigenvalue weighted by Gasteiger charge is 2.37. The Morgan fingerprint density at radius 3 is 2.38 bits per heavy atom. The SMILES string of the molecule is CCOC(=O)CC(=O)c1cc(CO[Si](C)(C)C(C)(C)C)ccc1F. The van der Waals surface area contributed by atoms with E-state index >= 15 is 0 Å². The third-order valence-corrected chi connectivity index (χ3v) is 8.83. The van der Waals surface area contributed by atoms with Gasteiger partial charge in [-0.2, -0.15) is 0 Å². The van der Waals surface area contributed by atoms with Crippen LogP contribution in [0.25, 0.3) is 0 Å². The van der Waals surface area contributed by atoms with Crippen LogP contribution in [0.1, 0.15) is 50.0 Å². The number of Topliss-reactive ketones (excluding diaryl/α,β-unsaturated/α-hetero) is 1. The number of ether oxygens (including phenoxy) is 1. The van der Waals surface area contributed by atoms with E-state index < -0.39 is 32.3 Å². The molecule has 24 heavy (non-hydrogen) atoms. The molecule has 0 unspecified atom stereocenters. The van der Waals surface area contributed by atoms with Crippen LogP contribution in [0.3, 0.4) is 0 Å². The maximum absolute atomic E-state index is 13.9. The van der Waals surface area contributed by atoms with Gasteiger partial charge in [0.1, 0.15) is 12.2 Å². The molecule has 0 fully saturated rings. The smallest absolute Gasteiger partial charge is 0.313 e. The van der Waals surface area contributed by atoms with Crippen LogP contribution in [0.4, 0.5) is 4.39 Å². The molecule has 0 aliphatic heterocycles. The van der Waals surface area contributed by atoms with Crippen molar-refractivity contribution in [3.63, 3.8) is 0 Å². The van der Waals surface area contributed by atoms with Crippen molar-refractivity contribution >= 4 is 20.1 Å². The lowest BCUT2D eigenvalue weighted by molar-refractivity contribution is -0.141. The van der Waals surface area contributed by atoms with Crippen molar-refractivity contribution < 1.29 is 23.1 Å². The fourth-order valence-electron chi connectivity index (χ4n) is 1.79. The Bertz CT molecular complexity index is 606. The van der Waals surface area contributed by atoms with Crippen molar-refractivity contribution in [1.29, 1.82) is 0 Å². The van der Waals surface area contributed by atoms with Gasteiger partial charge in [0, 0.05) is 0 Å². The third kappa shape index (κ3) is 5.53. The second-order valence-corrected chi connectivity index (χ2v) is 12.1. The molecule has 0 spiro atoms. The monoisotopic (exact) mass is 354 g/mol. The van der Waals surface area contributed by atoms with Crippen molar-refractivity contribution in [3.8, 4) is 0 Å². The summed E-state index contributed by atoms with van der Waals surface area (Å²) in [4.78, 5) is 23.5. The predicted molar refractivity (Wildman–Crippen MR) is 94.0 cm³/mol. The molecule has 1 rings (SSSR count). The number of carbonyl (C=O) groups excluding carboxylic acids is 2. The maximum Gasteiger partial charge on any atom is 0.313 e. The van der Waals surface area contributed by atoms with Gasteiger partial charge in [0.2, 0.25) is 0 Å². The molecule has 134 valence electrons. The molecule has 0 aliphatic carbocycles. The molecule has 0 atom stereocenters. The van der Waals surface area contributed by atoms with Crippen molar-refractivity contribution in [2.45, 2.75) is 58.9 Å². The lowest BCUT2D eigenvalue weighted by Gasteiger charge is -2.36. The van der Waals surface area contributed by atoms with E-state index in [4.69, 9.17) is 9.16 Å². The van der Waals surface area contributed by atoms with Crippen LogP contribution in [0.15, 0.2) is 18.2 Å². The van der Waals surface area contributed by atoms with Gasteiger partial charge in [-0.1, -0.05) is 26.8 Å². The largest absolute Gasteiger partial charge is 0.466 e. The lowest BCUT2D eigenvalue weighted by atomic mass is 10.0. The van der Waals surface area contributed by atoms with E-state index in [1.54, 1.807) is 13.0 Å². The van der Waals surface area contributed by atoms with E-state index in [1.165, 1.54) is 12.1 Å². The van der Waals surface area contributed by atoms with Crippen LogP contribution in [0.2, 0.25) is 18.1 Å². The molecule has 0 bridgehead atoms. The predicted octanol–water partition coefficient (Wildman–Crippen LogP) is 4.48. The van der Waals surface area contributed by atoms with Crippen molar-refractivity contribution in [3.05, 3.63) is 35.1 Å². The summed E-state index contributed by atoms with van der Waals surface area (Å²) in [5.41, 5.74) is 0.618. The molecule has 1 aromatic carbocycles. The number of carbonyl (C=O) groups is 2. The van der Waals surface area contributed by atoms with Gasteiger partial charge >= 0.3 is 5.97 Å². The summed E-state index contributed by atoms with van der Waals surface area (Å²) in [6.07, 6.45) is -0.461. The average Bonchev–Trinajstić information content (AvgIpc) is 2.45. The molecule has 4 nitrogen and oxygen atoms in total. The van der Waals surface area contributed by atoms with Crippen molar-refractivity contribution in [2.75, 3.05) is 6.61 Å².